The fraction of sp³-hybridized carbons (Fsp3) is 0.429. The molecule has 2 aromatic rings. The maximum absolute atomic E-state index is 5.84. The molecule has 0 bridgehead atoms. The first kappa shape index (κ1) is 10.3. The summed E-state index contributed by atoms with van der Waals surface area (Å²) in [5, 5.41) is 1.38. The van der Waals surface area contributed by atoms with Crippen LogP contribution >= 0.6 is 11.3 Å². The molecule has 1 aliphatic rings. The molecule has 3 rings (SSSR count). The van der Waals surface area contributed by atoms with Crippen LogP contribution in [0, 0.1) is 11.3 Å². The molecule has 1 aliphatic carbocycles. The molecule has 2 atom stereocenters. The van der Waals surface area contributed by atoms with Gasteiger partial charge in [-0.1, -0.05) is 32.0 Å². The lowest BCUT2D eigenvalue weighted by atomic mass is 10.1. The van der Waals surface area contributed by atoms with Crippen LogP contribution in [0.25, 0.3) is 10.1 Å². The van der Waals surface area contributed by atoms with Crippen molar-refractivity contribution in [3.8, 4) is 0 Å². The third kappa shape index (κ3) is 1.33. The van der Waals surface area contributed by atoms with Crippen molar-refractivity contribution in [2.45, 2.75) is 19.8 Å². The summed E-state index contributed by atoms with van der Waals surface area (Å²) in [7, 11) is 0. The highest BCUT2D eigenvalue weighted by atomic mass is 32.1. The van der Waals surface area contributed by atoms with Crippen LogP contribution < -0.4 is 5.73 Å². The Labute approximate surface area is 100 Å². The predicted molar refractivity (Wildman–Crippen MR) is 70.9 cm³/mol. The number of nitrogens with two attached hydrogens (primary N) is 1. The normalized spacial score (nSPS) is 27.2. The van der Waals surface area contributed by atoms with Crippen LogP contribution in [0.2, 0.25) is 0 Å². The molecule has 1 aromatic heterocycles. The fourth-order valence-electron chi connectivity index (χ4n) is 2.90. The molecule has 0 radical (unpaired) electrons. The summed E-state index contributed by atoms with van der Waals surface area (Å²) in [4.78, 5) is 1.52. The van der Waals surface area contributed by atoms with Gasteiger partial charge < -0.3 is 5.73 Å². The maximum Gasteiger partial charge on any atom is 0.0345 e. The Morgan fingerprint density at radius 2 is 2.06 bits per heavy atom. The van der Waals surface area contributed by atoms with E-state index in [4.69, 9.17) is 5.73 Å². The van der Waals surface area contributed by atoms with Gasteiger partial charge in [0.05, 0.1) is 0 Å². The third-order valence-corrected chi connectivity index (χ3v) is 5.25. The van der Waals surface area contributed by atoms with E-state index in [1.165, 1.54) is 15.0 Å². The molecule has 84 valence electrons. The molecular formula is C14H17NS. The van der Waals surface area contributed by atoms with Crippen LogP contribution in [0.3, 0.4) is 0 Å². The maximum atomic E-state index is 5.84. The number of rotatable bonds is 2. The van der Waals surface area contributed by atoms with E-state index < -0.39 is 0 Å². The van der Waals surface area contributed by atoms with Gasteiger partial charge in [0, 0.05) is 15.5 Å². The van der Waals surface area contributed by atoms with Gasteiger partial charge in [-0.3, -0.25) is 0 Å². The molecule has 0 unspecified atom stereocenters. The predicted octanol–water partition coefficient (Wildman–Crippen LogP) is 3.60. The lowest BCUT2D eigenvalue weighted by Gasteiger charge is -1.98. The Kier molecular flexibility index (Phi) is 2.13. The van der Waals surface area contributed by atoms with E-state index in [2.05, 4.69) is 44.2 Å². The van der Waals surface area contributed by atoms with Gasteiger partial charge in [-0.05, 0) is 35.4 Å². The molecule has 1 heterocycles. The third-order valence-electron chi connectivity index (χ3n) is 4.06. The van der Waals surface area contributed by atoms with E-state index in [9.17, 15) is 0 Å². The minimum Gasteiger partial charge on any atom is -0.330 e. The van der Waals surface area contributed by atoms with Crippen molar-refractivity contribution < 1.29 is 0 Å². The van der Waals surface area contributed by atoms with Crippen LogP contribution in [0.5, 0.6) is 0 Å². The minimum absolute atomic E-state index is 0.398. The van der Waals surface area contributed by atoms with Crippen molar-refractivity contribution >= 4 is 21.4 Å². The van der Waals surface area contributed by atoms with Crippen LogP contribution in [0.15, 0.2) is 30.3 Å². The molecule has 0 amide bonds. The Balaban J connectivity index is 2.02. The summed E-state index contributed by atoms with van der Waals surface area (Å²) in [5.41, 5.74) is 6.23. The van der Waals surface area contributed by atoms with E-state index in [-0.39, 0.29) is 0 Å². The summed E-state index contributed by atoms with van der Waals surface area (Å²) >= 11 is 1.93. The highest BCUT2D eigenvalue weighted by molar-refractivity contribution is 7.19. The summed E-state index contributed by atoms with van der Waals surface area (Å²) in [6, 6.07) is 11.0. The first-order chi connectivity index (χ1) is 7.64. The minimum atomic E-state index is 0.398. The van der Waals surface area contributed by atoms with E-state index >= 15 is 0 Å². The first-order valence-corrected chi connectivity index (χ1v) is 6.65. The van der Waals surface area contributed by atoms with Gasteiger partial charge in [0.25, 0.3) is 0 Å². The second-order valence-corrected chi connectivity index (χ2v) is 6.44. The van der Waals surface area contributed by atoms with Crippen molar-refractivity contribution in [1.29, 1.82) is 0 Å². The summed E-state index contributed by atoms with van der Waals surface area (Å²) in [6.45, 7) is 5.48. The molecule has 1 nitrogen and oxygen atoms in total. The highest BCUT2D eigenvalue weighted by Gasteiger charge is 2.57. The van der Waals surface area contributed by atoms with Crippen molar-refractivity contribution in [3.05, 3.63) is 35.2 Å². The van der Waals surface area contributed by atoms with E-state index in [1.807, 2.05) is 11.3 Å². The molecule has 1 fully saturated rings. The SMILES string of the molecule is CC1(C)[C@H](CN)[C@H]1c1cc2ccccc2s1. The molecular weight excluding hydrogens is 214 g/mol. The number of benzene rings is 1. The van der Waals surface area contributed by atoms with Gasteiger partial charge in [0.2, 0.25) is 0 Å². The fourth-order valence-corrected chi connectivity index (χ4v) is 4.33. The summed E-state index contributed by atoms with van der Waals surface area (Å²) in [5.74, 6) is 1.34. The molecule has 0 spiro atoms. The molecule has 2 heteroatoms. The molecule has 2 N–H and O–H groups in total. The summed E-state index contributed by atoms with van der Waals surface area (Å²) < 4.78 is 1.40. The molecule has 0 saturated heterocycles. The second-order valence-electron chi connectivity index (χ2n) is 5.33. The lowest BCUT2D eigenvalue weighted by molar-refractivity contribution is 0.559. The van der Waals surface area contributed by atoms with Gasteiger partial charge in [-0.15, -0.1) is 11.3 Å². The van der Waals surface area contributed by atoms with Crippen molar-refractivity contribution in [1.82, 2.24) is 0 Å². The number of hydrogen-bond donors (Lipinski definition) is 1. The van der Waals surface area contributed by atoms with Crippen molar-refractivity contribution in [2.75, 3.05) is 6.54 Å². The van der Waals surface area contributed by atoms with Crippen LogP contribution in [0.4, 0.5) is 0 Å². The first-order valence-electron chi connectivity index (χ1n) is 5.83. The number of hydrogen-bond acceptors (Lipinski definition) is 2. The zero-order chi connectivity index (χ0) is 11.3. The van der Waals surface area contributed by atoms with Crippen molar-refractivity contribution in [3.63, 3.8) is 0 Å². The Morgan fingerprint density at radius 1 is 1.31 bits per heavy atom. The van der Waals surface area contributed by atoms with Crippen LogP contribution in [-0.2, 0) is 0 Å². The Bertz CT molecular complexity index is 493. The quantitative estimate of drug-likeness (QED) is 0.839. The zero-order valence-corrected chi connectivity index (χ0v) is 10.6. The molecule has 1 saturated carbocycles. The van der Waals surface area contributed by atoms with Gasteiger partial charge in [-0.2, -0.15) is 0 Å². The zero-order valence-electron chi connectivity index (χ0n) is 9.73. The highest BCUT2D eigenvalue weighted by Crippen LogP contribution is 2.65. The monoisotopic (exact) mass is 231 g/mol. The van der Waals surface area contributed by atoms with Crippen molar-refractivity contribution in [2.24, 2.45) is 17.1 Å². The van der Waals surface area contributed by atoms with Crippen LogP contribution in [0.1, 0.15) is 24.6 Å². The van der Waals surface area contributed by atoms with Gasteiger partial charge in [0.15, 0.2) is 0 Å². The summed E-state index contributed by atoms with van der Waals surface area (Å²) in [6.07, 6.45) is 0. The van der Waals surface area contributed by atoms with E-state index in [0.717, 1.165) is 6.54 Å². The number of fused-ring (bicyclic) bond motifs is 1. The largest absolute Gasteiger partial charge is 0.330 e. The van der Waals surface area contributed by atoms with Crippen LogP contribution in [-0.4, -0.2) is 6.54 Å². The lowest BCUT2D eigenvalue weighted by Crippen LogP contribution is -2.05. The molecule has 1 aromatic carbocycles. The average Bonchev–Trinajstić information content (AvgIpc) is 2.65. The Hall–Kier alpha value is -0.860. The Morgan fingerprint density at radius 3 is 2.69 bits per heavy atom. The standard InChI is InChI=1S/C14H17NS/c1-14(2)10(8-15)13(14)12-7-9-5-3-4-6-11(9)16-12/h3-7,10,13H,8,15H2,1-2H3/t10-,13+/m1/s1. The topological polar surface area (TPSA) is 26.0 Å². The van der Waals surface area contributed by atoms with E-state index in [1.54, 1.807) is 0 Å². The van der Waals surface area contributed by atoms with Gasteiger partial charge >= 0.3 is 0 Å². The number of thiophene rings is 1. The van der Waals surface area contributed by atoms with Gasteiger partial charge in [0.1, 0.15) is 0 Å². The molecule has 16 heavy (non-hydrogen) atoms. The van der Waals surface area contributed by atoms with E-state index in [0.29, 0.717) is 17.3 Å². The smallest absolute Gasteiger partial charge is 0.0345 e. The second kappa shape index (κ2) is 3.31. The average molecular weight is 231 g/mol. The molecule has 0 aliphatic heterocycles. The van der Waals surface area contributed by atoms with Gasteiger partial charge in [-0.25, -0.2) is 0 Å².